The molecular formula is C16H18F2N4O2. The third-order valence-corrected chi connectivity index (χ3v) is 4.45. The molecule has 0 saturated heterocycles. The number of halogens is 2. The van der Waals surface area contributed by atoms with Crippen molar-refractivity contribution in [1.82, 2.24) is 20.1 Å². The molecule has 0 spiro atoms. The Balaban J connectivity index is 1.75. The van der Waals surface area contributed by atoms with Crippen LogP contribution in [-0.4, -0.2) is 37.3 Å². The summed E-state index contributed by atoms with van der Waals surface area (Å²) in [5, 5.41) is 16.6. The predicted molar refractivity (Wildman–Crippen MR) is 82.0 cm³/mol. The second-order valence-corrected chi connectivity index (χ2v) is 6.02. The zero-order valence-corrected chi connectivity index (χ0v) is 13.0. The van der Waals surface area contributed by atoms with E-state index >= 15 is 0 Å². The molecule has 6 nitrogen and oxygen atoms in total. The molecule has 1 aromatic carbocycles. The number of carboxylic acid groups (broad SMARTS) is 1. The van der Waals surface area contributed by atoms with Gasteiger partial charge in [-0.1, -0.05) is 18.2 Å². The summed E-state index contributed by atoms with van der Waals surface area (Å²) in [5.41, 5.74) is -0.554. The maximum atomic E-state index is 13.4. The van der Waals surface area contributed by atoms with Crippen LogP contribution < -0.4 is 5.32 Å². The van der Waals surface area contributed by atoms with E-state index in [0.29, 0.717) is 5.82 Å². The molecule has 24 heavy (non-hydrogen) atoms. The van der Waals surface area contributed by atoms with Crippen LogP contribution in [0.1, 0.15) is 31.5 Å². The maximum absolute atomic E-state index is 13.4. The summed E-state index contributed by atoms with van der Waals surface area (Å²) in [7, 11) is 0. The van der Waals surface area contributed by atoms with E-state index in [1.807, 2.05) is 30.3 Å². The smallest absolute Gasteiger partial charge is 0.323 e. The Bertz CT molecular complexity index is 708. The molecule has 1 aromatic heterocycles. The molecule has 1 aliphatic carbocycles. The van der Waals surface area contributed by atoms with E-state index in [9.17, 15) is 18.7 Å². The lowest BCUT2D eigenvalue weighted by atomic mass is 9.80. The number of carboxylic acids is 1. The number of rotatable bonds is 5. The number of aliphatic carboxylic acids is 1. The van der Waals surface area contributed by atoms with Crippen molar-refractivity contribution in [3.05, 3.63) is 42.5 Å². The Morgan fingerprint density at radius 2 is 1.88 bits per heavy atom. The van der Waals surface area contributed by atoms with Crippen LogP contribution in [0.3, 0.4) is 0 Å². The van der Waals surface area contributed by atoms with Crippen molar-refractivity contribution in [2.24, 2.45) is 0 Å². The van der Waals surface area contributed by atoms with E-state index in [2.05, 4.69) is 15.4 Å². The maximum Gasteiger partial charge on any atom is 0.323 e. The predicted octanol–water partition coefficient (Wildman–Crippen LogP) is 2.39. The molecule has 0 atom stereocenters. The average molecular weight is 336 g/mol. The largest absolute Gasteiger partial charge is 0.480 e. The lowest BCUT2D eigenvalue weighted by Gasteiger charge is -2.37. The number of alkyl halides is 2. The van der Waals surface area contributed by atoms with E-state index in [0.717, 1.165) is 5.69 Å². The van der Waals surface area contributed by atoms with Gasteiger partial charge in [-0.25, -0.2) is 18.4 Å². The molecule has 2 aromatic rings. The average Bonchev–Trinajstić information content (AvgIpc) is 3.03. The van der Waals surface area contributed by atoms with Crippen LogP contribution in [0, 0.1) is 0 Å². The van der Waals surface area contributed by atoms with Gasteiger partial charge in [0.15, 0.2) is 0 Å². The molecule has 0 aliphatic heterocycles. The van der Waals surface area contributed by atoms with E-state index in [1.165, 1.54) is 6.33 Å². The molecule has 0 radical (unpaired) electrons. The number of aromatic nitrogens is 3. The molecule has 1 heterocycles. The zero-order valence-electron chi connectivity index (χ0n) is 13.0. The highest BCUT2D eigenvalue weighted by atomic mass is 19.3. The van der Waals surface area contributed by atoms with Crippen molar-refractivity contribution in [2.75, 3.05) is 0 Å². The quantitative estimate of drug-likeness (QED) is 0.876. The van der Waals surface area contributed by atoms with Gasteiger partial charge in [-0.3, -0.25) is 10.1 Å². The van der Waals surface area contributed by atoms with Crippen molar-refractivity contribution in [2.45, 2.75) is 43.7 Å². The van der Waals surface area contributed by atoms with Gasteiger partial charge in [-0.2, -0.15) is 5.10 Å². The monoisotopic (exact) mass is 336 g/mol. The first-order chi connectivity index (χ1) is 11.4. The number of hydrogen-bond acceptors (Lipinski definition) is 4. The summed E-state index contributed by atoms with van der Waals surface area (Å²) in [6.07, 6.45) is 0.283. The fourth-order valence-corrected chi connectivity index (χ4v) is 2.93. The second kappa shape index (κ2) is 6.27. The standard InChI is InChI=1S/C16H18F2N4O2/c17-16(18)8-6-15(7-9-16,14(23)24)20-10-13-19-11-21-22(13)12-4-2-1-3-5-12/h1-5,11,20H,6-10H2,(H,23,24). The fourth-order valence-electron chi connectivity index (χ4n) is 2.93. The Hall–Kier alpha value is -2.35. The Morgan fingerprint density at radius 1 is 1.21 bits per heavy atom. The normalized spacial score (nSPS) is 19.1. The molecule has 3 rings (SSSR count). The number of nitrogens with one attached hydrogen (secondary N) is 1. The third kappa shape index (κ3) is 3.28. The van der Waals surface area contributed by atoms with Gasteiger partial charge in [0.05, 0.1) is 12.2 Å². The van der Waals surface area contributed by atoms with E-state index in [-0.39, 0.29) is 19.4 Å². The minimum absolute atomic E-state index is 0.116. The van der Waals surface area contributed by atoms with Crippen molar-refractivity contribution in [1.29, 1.82) is 0 Å². The number of benzene rings is 1. The Labute approximate surface area is 137 Å². The highest BCUT2D eigenvalue weighted by Crippen LogP contribution is 2.38. The van der Waals surface area contributed by atoms with Gasteiger partial charge in [0.1, 0.15) is 17.7 Å². The van der Waals surface area contributed by atoms with Crippen LogP contribution in [0.4, 0.5) is 8.78 Å². The van der Waals surface area contributed by atoms with E-state index in [4.69, 9.17) is 0 Å². The van der Waals surface area contributed by atoms with Gasteiger partial charge >= 0.3 is 5.97 Å². The molecule has 0 amide bonds. The highest BCUT2D eigenvalue weighted by Gasteiger charge is 2.47. The molecule has 0 bridgehead atoms. The Morgan fingerprint density at radius 3 is 2.50 bits per heavy atom. The van der Waals surface area contributed by atoms with Crippen LogP contribution in [0.25, 0.3) is 5.69 Å². The number of nitrogens with zero attached hydrogens (tertiary/aromatic N) is 3. The molecule has 1 aliphatic rings. The zero-order chi connectivity index (χ0) is 17.2. The van der Waals surface area contributed by atoms with Gasteiger partial charge in [0.2, 0.25) is 5.92 Å². The van der Waals surface area contributed by atoms with Crippen molar-refractivity contribution < 1.29 is 18.7 Å². The first-order valence-electron chi connectivity index (χ1n) is 7.72. The summed E-state index contributed by atoms with van der Waals surface area (Å²) in [4.78, 5) is 15.8. The second-order valence-electron chi connectivity index (χ2n) is 6.02. The van der Waals surface area contributed by atoms with Crippen LogP contribution >= 0.6 is 0 Å². The third-order valence-electron chi connectivity index (χ3n) is 4.45. The Kier molecular flexibility index (Phi) is 4.31. The minimum atomic E-state index is -2.79. The van der Waals surface area contributed by atoms with Crippen LogP contribution in [0.5, 0.6) is 0 Å². The molecule has 1 fully saturated rings. The highest BCUT2D eigenvalue weighted by molar-refractivity contribution is 5.79. The molecule has 2 N–H and O–H groups in total. The summed E-state index contributed by atoms with van der Waals surface area (Å²) in [5.74, 6) is -3.37. The van der Waals surface area contributed by atoms with Crippen molar-refractivity contribution >= 4 is 5.97 Å². The van der Waals surface area contributed by atoms with Gasteiger partial charge in [-0.15, -0.1) is 0 Å². The summed E-state index contributed by atoms with van der Waals surface area (Å²) in [6, 6.07) is 9.30. The summed E-state index contributed by atoms with van der Waals surface area (Å²) >= 11 is 0. The first-order valence-corrected chi connectivity index (χ1v) is 7.72. The molecule has 8 heteroatoms. The van der Waals surface area contributed by atoms with Crippen LogP contribution in [0.2, 0.25) is 0 Å². The van der Waals surface area contributed by atoms with Crippen LogP contribution in [-0.2, 0) is 11.3 Å². The topological polar surface area (TPSA) is 80.0 Å². The van der Waals surface area contributed by atoms with Gasteiger partial charge in [0.25, 0.3) is 0 Å². The number of carbonyl (C=O) groups is 1. The van der Waals surface area contributed by atoms with Crippen molar-refractivity contribution in [3.8, 4) is 5.69 Å². The summed E-state index contributed by atoms with van der Waals surface area (Å²) < 4.78 is 28.3. The van der Waals surface area contributed by atoms with Gasteiger partial charge in [0, 0.05) is 12.8 Å². The van der Waals surface area contributed by atoms with Crippen molar-refractivity contribution in [3.63, 3.8) is 0 Å². The summed E-state index contributed by atoms with van der Waals surface area (Å²) in [6.45, 7) is 0.132. The molecule has 1 saturated carbocycles. The number of hydrogen-bond donors (Lipinski definition) is 2. The lowest BCUT2D eigenvalue weighted by Crippen LogP contribution is -2.55. The van der Waals surface area contributed by atoms with E-state index < -0.39 is 30.3 Å². The minimum Gasteiger partial charge on any atom is -0.480 e. The van der Waals surface area contributed by atoms with Crippen LogP contribution in [0.15, 0.2) is 36.7 Å². The van der Waals surface area contributed by atoms with E-state index in [1.54, 1.807) is 4.68 Å². The SMILES string of the molecule is O=C(O)C1(NCc2ncnn2-c2ccccc2)CCC(F)(F)CC1. The molecular weight excluding hydrogens is 318 g/mol. The lowest BCUT2D eigenvalue weighted by molar-refractivity contribution is -0.150. The van der Waals surface area contributed by atoms with Gasteiger partial charge in [-0.05, 0) is 25.0 Å². The molecule has 0 unspecified atom stereocenters. The first kappa shape index (κ1) is 16.5. The molecule has 128 valence electrons. The number of para-hydroxylation sites is 1. The van der Waals surface area contributed by atoms with Gasteiger partial charge < -0.3 is 5.11 Å². The fraction of sp³-hybridized carbons (Fsp3) is 0.438.